The molecule has 0 aliphatic carbocycles. The molecular weight excluding hydrogens is 306 g/mol. The van der Waals surface area contributed by atoms with Crippen molar-refractivity contribution in [3.63, 3.8) is 0 Å². The van der Waals surface area contributed by atoms with Crippen LogP contribution < -0.4 is 5.43 Å². The van der Waals surface area contributed by atoms with Crippen molar-refractivity contribution in [2.75, 3.05) is 0 Å². The van der Waals surface area contributed by atoms with Gasteiger partial charge in [0.25, 0.3) is 11.6 Å². The lowest BCUT2D eigenvalue weighted by molar-refractivity contribution is -0.385. The third-order valence-corrected chi connectivity index (χ3v) is 3.17. The summed E-state index contributed by atoms with van der Waals surface area (Å²) in [7, 11) is 0. The first-order valence-corrected chi connectivity index (χ1v) is 6.69. The number of benzene rings is 2. The van der Waals surface area contributed by atoms with Gasteiger partial charge in [-0.2, -0.15) is 5.10 Å². The lowest BCUT2D eigenvalue weighted by atomic mass is 10.1. The molecule has 7 heteroatoms. The van der Waals surface area contributed by atoms with Crippen LogP contribution in [-0.4, -0.2) is 17.0 Å². The zero-order chi connectivity index (χ0) is 16.1. The molecule has 0 fully saturated rings. The molecule has 2 aromatic carbocycles. The highest BCUT2D eigenvalue weighted by molar-refractivity contribution is 6.30. The first kappa shape index (κ1) is 15.7. The minimum absolute atomic E-state index is 0.00739. The number of nitro groups is 1. The molecule has 0 aromatic heterocycles. The van der Waals surface area contributed by atoms with Crippen molar-refractivity contribution in [2.24, 2.45) is 5.10 Å². The molecular formula is C15H12ClN3O3. The summed E-state index contributed by atoms with van der Waals surface area (Å²) in [5.41, 5.74) is 3.85. The molecule has 0 radical (unpaired) electrons. The maximum atomic E-state index is 11.8. The zero-order valence-electron chi connectivity index (χ0n) is 11.6. The van der Waals surface area contributed by atoms with E-state index in [1.54, 1.807) is 43.3 Å². The fourth-order valence-corrected chi connectivity index (χ4v) is 1.86. The second-order valence-electron chi connectivity index (χ2n) is 4.51. The van der Waals surface area contributed by atoms with E-state index in [0.717, 1.165) is 0 Å². The Bertz CT molecular complexity index is 742. The third-order valence-electron chi connectivity index (χ3n) is 2.92. The zero-order valence-corrected chi connectivity index (χ0v) is 12.4. The van der Waals surface area contributed by atoms with Gasteiger partial charge in [0, 0.05) is 27.8 Å². The predicted octanol–water partition coefficient (Wildman–Crippen LogP) is 3.32. The lowest BCUT2D eigenvalue weighted by Crippen LogP contribution is -2.17. The molecule has 22 heavy (non-hydrogen) atoms. The van der Waals surface area contributed by atoms with Gasteiger partial charge in [0.1, 0.15) is 0 Å². The highest BCUT2D eigenvalue weighted by Crippen LogP contribution is 2.18. The SMILES string of the molecule is Cc1ccc(/C=N/NC(=O)c2ccc(Cl)cc2)cc1[N+](=O)[O-]. The molecule has 0 bridgehead atoms. The van der Waals surface area contributed by atoms with Crippen LogP contribution in [0, 0.1) is 17.0 Å². The Kier molecular flexibility index (Phi) is 4.85. The topological polar surface area (TPSA) is 84.6 Å². The summed E-state index contributed by atoms with van der Waals surface area (Å²) in [6.45, 7) is 1.65. The number of aryl methyl sites for hydroxylation is 1. The van der Waals surface area contributed by atoms with Crippen molar-refractivity contribution in [2.45, 2.75) is 6.92 Å². The Labute approximate surface area is 131 Å². The molecule has 6 nitrogen and oxygen atoms in total. The van der Waals surface area contributed by atoms with Crippen LogP contribution in [0.2, 0.25) is 5.02 Å². The van der Waals surface area contributed by atoms with Crippen molar-refractivity contribution < 1.29 is 9.72 Å². The first-order chi connectivity index (χ1) is 10.5. The van der Waals surface area contributed by atoms with Crippen LogP contribution in [-0.2, 0) is 0 Å². The van der Waals surface area contributed by atoms with Gasteiger partial charge in [-0.3, -0.25) is 14.9 Å². The van der Waals surface area contributed by atoms with E-state index >= 15 is 0 Å². The summed E-state index contributed by atoms with van der Waals surface area (Å²) in [6, 6.07) is 11.1. The van der Waals surface area contributed by atoms with Gasteiger partial charge in [0.05, 0.1) is 11.1 Å². The van der Waals surface area contributed by atoms with E-state index < -0.39 is 10.8 Å². The summed E-state index contributed by atoms with van der Waals surface area (Å²) >= 11 is 5.74. The Morgan fingerprint density at radius 3 is 2.59 bits per heavy atom. The van der Waals surface area contributed by atoms with Crippen molar-refractivity contribution in [1.29, 1.82) is 0 Å². The molecule has 0 spiro atoms. The van der Waals surface area contributed by atoms with Crippen molar-refractivity contribution in [3.05, 3.63) is 74.3 Å². The van der Waals surface area contributed by atoms with E-state index in [4.69, 9.17) is 11.6 Å². The number of nitro benzene ring substituents is 1. The fraction of sp³-hybridized carbons (Fsp3) is 0.0667. The quantitative estimate of drug-likeness (QED) is 0.533. The van der Waals surface area contributed by atoms with Gasteiger partial charge in [-0.1, -0.05) is 23.7 Å². The molecule has 0 heterocycles. The van der Waals surface area contributed by atoms with Crippen LogP contribution >= 0.6 is 11.6 Å². The number of hydrazone groups is 1. The summed E-state index contributed by atoms with van der Waals surface area (Å²) in [4.78, 5) is 22.2. The minimum atomic E-state index is -0.459. The van der Waals surface area contributed by atoms with Gasteiger partial charge >= 0.3 is 0 Å². The number of rotatable bonds is 4. The molecule has 1 amide bonds. The second kappa shape index (κ2) is 6.82. The second-order valence-corrected chi connectivity index (χ2v) is 4.95. The number of carbonyl (C=O) groups excluding carboxylic acids is 1. The number of amides is 1. The molecule has 0 aliphatic rings. The highest BCUT2D eigenvalue weighted by atomic mass is 35.5. The molecule has 0 atom stereocenters. The molecule has 0 saturated heterocycles. The Morgan fingerprint density at radius 1 is 1.27 bits per heavy atom. The Morgan fingerprint density at radius 2 is 1.95 bits per heavy atom. The van der Waals surface area contributed by atoms with E-state index in [2.05, 4.69) is 10.5 Å². The molecule has 2 aromatic rings. The van der Waals surface area contributed by atoms with Gasteiger partial charge in [0.15, 0.2) is 0 Å². The minimum Gasteiger partial charge on any atom is -0.267 e. The smallest absolute Gasteiger partial charge is 0.267 e. The number of hydrogen-bond donors (Lipinski definition) is 1. The molecule has 0 unspecified atom stereocenters. The molecule has 2 rings (SSSR count). The highest BCUT2D eigenvalue weighted by Gasteiger charge is 2.10. The average molecular weight is 318 g/mol. The van der Waals surface area contributed by atoms with Gasteiger partial charge in [-0.25, -0.2) is 5.43 Å². The van der Waals surface area contributed by atoms with Crippen LogP contribution in [0.3, 0.4) is 0 Å². The van der Waals surface area contributed by atoms with Crippen LogP contribution in [0.1, 0.15) is 21.5 Å². The monoisotopic (exact) mass is 317 g/mol. The number of nitrogens with one attached hydrogen (secondary N) is 1. The standard InChI is InChI=1S/C15H12ClN3O3/c1-10-2-3-11(8-14(10)19(21)22)9-17-18-15(20)12-4-6-13(16)7-5-12/h2-9H,1H3,(H,18,20)/b17-9+. The third kappa shape index (κ3) is 3.89. The van der Waals surface area contributed by atoms with E-state index in [0.29, 0.717) is 21.7 Å². The number of halogens is 1. The van der Waals surface area contributed by atoms with Crippen LogP contribution in [0.4, 0.5) is 5.69 Å². The number of hydrogen-bond acceptors (Lipinski definition) is 4. The summed E-state index contributed by atoms with van der Waals surface area (Å²) < 4.78 is 0. The summed E-state index contributed by atoms with van der Waals surface area (Å²) in [5.74, 6) is -0.394. The molecule has 112 valence electrons. The Balaban J connectivity index is 2.06. The van der Waals surface area contributed by atoms with E-state index in [-0.39, 0.29) is 5.69 Å². The summed E-state index contributed by atoms with van der Waals surface area (Å²) in [6.07, 6.45) is 1.35. The van der Waals surface area contributed by atoms with Gasteiger partial charge in [-0.15, -0.1) is 0 Å². The van der Waals surface area contributed by atoms with Crippen molar-refractivity contribution in [1.82, 2.24) is 5.43 Å². The maximum Gasteiger partial charge on any atom is 0.272 e. The van der Waals surface area contributed by atoms with Gasteiger partial charge < -0.3 is 0 Å². The lowest BCUT2D eigenvalue weighted by Gasteiger charge is -2.00. The first-order valence-electron chi connectivity index (χ1n) is 6.31. The van der Waals surface area contributed by atoms with Crippen LogP contribution in [0.25, 0.3) is 0 Å². The fourth-order valence-electron chi connectivity index (χ4n) is 1.73. The molecule has 1 N–H and O–H groups in total. The molecule has 0 aliphatic heterocycles. The predicted molar refractivity (Wildman–Crippen MR) is 84.3 cm³/mol. The van der Waals surface area contributed by atoms with Crippen molar-refractivity contribution >= 4 is 29.4 Å². The van der Waals surface area contributed by atoms with Crippen LogP contribution in [0.5, 0.6) is 0 Å². The largest absolute Gasteiger partial charge is 0.272 e. The van der Waals surface area contributed by atoms with E-state index in [9.17, 15) is 14.9 Å². The van der Waals surface area contributed by atoms with Gasteiger partial charge in [0.2, 0.25) is 0 Å². The normalized spacial score (nSPS) is 10.6. The average Bonchev–Trinajstić information content (AvgIpc) is 2.49. The van der Waals surface area contributed by atoms with Crippen LogP contribution in [0.15, 0.2) is 47.6 Å². The van der Waals surface area contributed by atoms with E-state index in [1.165, 1.54) is 12.3 Å². The summed E-state index contributed by atoms with van der Waals surface area (Å²) in [5, 5.41) is 15.2. The number of carbonyl (C=O) groups is 1. The maximum absolute atomic E-state index is 11.8. The molecule has 0 saturated carbocycles. The number of nitrogens with zero attached hydrogens (tertiary/aromatic N) is 2. The van der Waals surface area contributed by atoms with E-state index in [1.807, 2.05) is 0 Å². The van der Waals surface area contributed by atoms with Gasteiger partial charge in [-0.05, 0) is 31.2 Å². The Hall–Kier alpha value is -2.73. The van der Waals surface area contributed by atoms with Crippen molar-refractivity contribution in [3.8, 4) is 0 Å².